The van der Waals surface area contributed by atoms with Crippen molar-refractivity contribution in [3.8, 4) is 0 Å². The number of anilines is 1. The molecule has 2 atom stereocenters. The van der Waals surface area contributed by atoms with Crippen molar-refractivity contribution in [2.45, 2.75) is 33.1 Å². The minimum atomic E-state index is -0.842. The molecule has 8 heteroatoms. The number of benzene rings is 1. The summed E-state index contributed by atoms with van der Waals surface area (Å²) < 4.78 is 27.3. The summed E-state index contributed by atoms with van der Waals surface area (Å²) in [6, 6.07) is 3.37. The molecule has 0 aromatic heterocycles. The lowest BCUT2D eigenvalue weighted by Gasteiger charge is -2.29. The molecule has 1 fully saturated rings. The molecule has 1 heterocycles. The molecule has 2 rings (SSSR count). The van der Waals surface area contributed by atoms with Crippen LogP contribution >= 0.6 is 12.4 Å². The molecule has 1 saturated heterocycles. The zero-order valence-electron chi connectivity index (χ0n) is 15.8. The van der Waals surface area contributed by atoms with Gasteiger partial charge in [0.15, 0.2) is 0 Å². The van der Waals surface area contributed by atoms with Crippen molar-refractivity contribution in [1.82, 2.24) is 10.2 Å². The predicted octanol–water partition coefficient (Wildman–Crippen LogP) is 3.20. The normalized spacial score (nSPS) is 17.6. The van der Waals surface area contributed by atoms with Crippen molar-refractivity contribution in [1.29, 1.82) is 0 Å². The number of carbonyl (C=O) groups is 2. The molecule has 2 amide bonds. The van der Waals surface area contributed by atoms with Gasteiger partial charge >= 0.3 is 0 Å². The summed E-state index contributed by atoms with van der Waals surface area (Å²) in [5.74, 6) is -1.74. The van der Waals surface area contributed by atoms with Crippen LogP contribution in [-0.4, -0.2) is 42.9 Å². The van der Waals surface area contributed by atoms with E-state index in [1.54, 1.807) is 6.92 Å². The average Bonchev–Trinajstić information content (AvgIpc) is 2.63. The number of para-hydroxylation sites is 1. The van der Waals surface area contributed by atoms with Crippen LogP contribution in [0.4, 0.5) is 14.5 Å². The molecule has 1 aliphatic heterocycles. The first-order valence-electron chi connectivity index (χ1n) is 9.14. The van der Waals surface area contributed by atoms with Gasteiger partial charge in [-0.3, -0.25) is 9.59 Å². The lowest BCUT2D eigenvalue weighted by molar-refractivity contribution is -0.135. The minimum absolute atomic E-state index is 0. The van der Waals surface area contributed by atoms with Crippen molar-refractivity contribution in [3.05, 3.63) is 29.8 Å². The second-order valence-electron chi connectivity index (χ2n) is 6.84. The summed E-state index contributed by atoms with van der Waals surface area (Å²) >= 11 is 0. The number of hydrogen-bond acceptors (Lipinski definition) is 3. The average molecular weight is 404 g/mol. The van der Waals surface area contributed by atoms with Gasteiger partial charge in [0.05, 0.1) is 6.54 Å². The van der Waals surface area contributed by atoms with Gasteiger partial charge in [-0.2, -0.15) is 0 Å². The molecule has 0 radical (unpaired) electrons. The molecule has 2 N–H and O–H groups in total. The van der Waals surface area contributed by atoms with Gasteiger partial charge in [0.2, 0.25) is 11.8 Å². The first-order chi connectivity index (χ1) is 12.4. The fourth-order valence-electron chi connectivity index (χ4n) is 3.28. The Hall–Kier alpha value is -1.73. The van der Waals surface area contributed by atoms with Crippen LogP contribution in [0.3, 0.4) is 0 Å². The van der Waals surface area contributed by atoms with Gasteiger partial charge in [-0.05, 0) is 56.8 Å². The zero-order valence-corrected chi connectivity index (χ0v) is 16.6. The fraction of sp³-hybridized carbons (Fsp3) is 0.579. The van der Waals surface area contributed by atoms with Crippen LogP contribution in [0.15, 0.2) is 18.2 Å². The molecule has 1 aromatic carbocycles. The topological polar surface area (TPSA) is 61.4 Å². The summed E-state index contributed by atoms with van der Waals surface area (Å²) in [5.41, 5.74) is -0.484. The number of nitrogens with one attached hydrogen (secondary N) is 2. The first-order valence-corrected chi connectivity index (χ1v) is 9.14. The molecule has 0 spiro atoms. The highest BCUT2D eigenvalue weighted by molar-refractivity contribution is 5.94. The molecule has 1 aromatic rings. The van der Waals surface area contributed by atoms with E-state index in [1.807, 2.05) is 0 Å². The molecular formula is C19H28ClF2N3O2. The second-order valence-corrected chi connectivity index (χ2v) is 6.84. The third-order valence-corrected chi connectivity index (χ3v) is 4.93. The number of likely N-dealkylation sites (N-methyl/N-ethyl adjacent to an activating group) is 1. The quantitative estimate of drug-likeness (QED) is 0.735. The van der Waals surface area contributed by atoms with Crippen LogP contribution in [0.25, 0.3) is 0 Å². The van der Waals surface area contributed by atoms with Crippen LogP contribution in [0.1, 0.15) is 33.1 Å². The van der Waals surface area contributed by atoms with Crippen LogP contribution in [0, 0.1) is 23.5 Å². The van der Waals surface area contributed by atoms with Gasteiger partial charge in [-0.1, -0.05) is 13.0 Å². The Morgan fingerprint density at radius 1 is 1.33 bits per heavy atom. The van der Waals surface area contributed by atoms with Gasteiger partial charge in [-0.25, -0.2) is 8.78 Å². The molecule has 1 aliphatic rings. The third-order valence-electron chi connectivity index (χ3n) is 4.93. The van der Waals surface area contributed by atoms with Crippen LogP contribution in [0.5, 0.6) is 0 Å². The van der Waals surface area contributed by atoms with E-state index in [0.29, 0.717) is 18.9 Å². The maximum Gasteiger partial charge on any atom is 0.244 e. The maximum atomic E-state index is 13.6. The number of amides is 2. The molecule has 0 aliphatic carbocycles. The Bertz CT molecular complexity index is 619. The highest BCUT2D eigenvalue weighted by Gasteiger charge is 2.25. The first kappa shape index (κ1) is 23.3. The second kappa shape index (κ2) is 11.2. The highest BCUT2D eigenvalue weighted by Crippen LogP contribution is 2.23. The van der Waals surface area contributed by atoms with Crippen molar-refractivity contribution in [3.63, 3.8) is 0 Å². The Morgan fingerprint density at radius 2 is 2.00 bits per heavy atom. The van der Waals surface area contributed by atoms with Gasteiger partial charge in [0.25, 0.3) is 0 Å². The Morgan fingerprint density at radius 3 is 2.56 bits per heavy atom. The van der Waals surface area contributed by atoms with E-state index in [9.17, 15) is 18.4 Å². The Balaban J connectivity index is 0.00000364. The monoisotopic (exact) mass is 403 g/mol. The van der Waals surface area contributed by atoms with Crippen molar-refractivity contribution >= 4 is 29.9 Å². The van der Waals surface area contributed by atoms with E-state index in [-0.39, 0.29) is 30.8 Å². The standard InChI is InChI=1S/C19H27F2N3O2.ClH/c1-3-24(18(26)10-13(2)14-6-5-9-22-11-14)12-17(25)23-19-15(20)7-4-8-16(19)21;/h4,7-8,13-14,22H,3,5-6,9-12H2,1-2H3,(H,23,25);1H. The lowest BCUT2D eigenvalue weighted by Crippen LogP contribution is -2.40. The van der Waals surface area contributed by atoms with Gasteiger partial charge in [0, 0.05) is 13.0 Å². The van der Waals surface area contributed by atoms with E-state index in [0.717, 1.165) is 38.1 Å². The van der Waals surface area contributed by atoms with E-state index in [4.69, 9.17) is 0 Å². The molecule has 0 saturated carbocycles. The number of halogens is 3. The molecule has 5 nitrogen and oxygen atoms in total. The Labute approximate surface area is 165 Å². The predicted molar refractivity (Wildman–Crippen MR) is 104 cm³/mol. The summed E-state index contributed by atoms with van der Waals surface area (Å²) in [7, 11) is 0. The van der Waals surface area contributed by atoms with E-state index >= 15 is 0 Å². The third kappa shape index (κ3) is 6.74. The maximum absolute atomic E-state index is 13.6. The summed E-state index contributed by atoms with van der Waals surface area (Å²) in [4.78, 5) is 26.1. The van der Waals surface area contributed by atoms with Crippen LogP contribution in [-0.2, 0) is 9.59 Å². The SMILES string of the molecule is CCN(CC(=O)Nc1c(F)cccc1F)C(=O)CC(C)C1CCCNC1.Cl. The zero-order chi connectivity index (χ0) is 19.1. The number of carbonyl (C=O) groups excluding carboxylic acids is 2. The molecule has 152 valence electrons. The summed E-state index contributed by atoms with van der Waals surface area (Å²) in [6.07, 6.45) is 2.57. The molecule has 2 unspecified atom stereocenters. The van der Waals surface area contributed by atoms with Gasteiger partial charge < -0.3 is 15.5 Å². The summed E-state index contributed by atoms with van der Waals surface area (Å²) in [6.45, 7) is 5.90. The number of hydrogen-bond donors (Lipinski definition) is 2. The van der Waals surface area contributed by atoms with E-state index in [1.165, 1.54) is 11.0 Å². The van der Waals surface area contributed by atoms with E-state index < -0.39 is 23.2 Å². The lowest BCUT2D eigenvalue weighted by atomic mass is 9.85. The highest BCUT2D eigenvalue weighted by atomic mass is 35.5. The number of nitrogens with zero attached hydrogens (tertiary/aromatic N) is 1. The summed E-state index contributed by atoms with van der Waals surface area (Å²) in [5, 5.41) is 5.56. The van der Waals surface area contributed by atoms with Crippen LogP contribution in [0.2, 0.25) is 0 Å². The number of rotatable bonds is 7. The smallest absolute Gasteiger partial charge is 0.244 e. The molecule has 0 bridgehead atoms. The van der Waals surface area contributed by atoms with Crippen molar-refractivity contribution in [2.24, 2.45) is 11.8 Å². The number of piperidine rings is 1. The van der Waals surface area contributed by atoms with Gasteiger partial charge in [-0.15, -0.1) is 12.4 Å². The fourth-order valence-corrected chi connectivity index (χ4v) is 3.28. The van der Waals surface area contributed by atoms with Gasteiger partial charge in [0.1, 0.15) is 17.3 Å². The van der Waals surface area contributed by atoms with Crippen molar-refractivity contribution < 1.29 is 18.4 Å². The minimum Gasteiger partial charge on any atom is -0.334 e. The van der Waals surface area contributed by atoms with Crippen LogP contribution < -0.4 is 10.6 Å². The van der Waals surface area contributed by atoms with E-state index in [2.05, 4.69) is 17.6 Å². The molecule has 27 heavy (non-hydrogen) atoms. The Kier molecular flexibility index (Phi) is 9.66. The van der Waals surface area contributed by atoms with Crippen molar-refractivity contribution in [2.75, 3.05) is 31.5 Å². The molecular weight excluding hydrogens is 376 g/mol. The largest absolute Gasteiger partial charge is 0.334 e.